The van der Waals surface area contributed by atoms with E-state index >= 15 is 0 Å². The number of hydrogen-bond acceptors (Lipinski definition) is 6. The number of carbonyl (C=O) groups excluding carboxylic acids is 2. The number of benzene rings is 1. The molecule has 21 heavy (non-hydrogen) atoms. The molecule has 0 unspecified atom stereocenters. The van der Waals surface area contributed by atoms with Crippen LogP contribution < -0.4 is 5.32 Å². The van der Waals surface area contributed by atoms with Crippen LogP contribution in [0.1, 0.15) is 24.2 Å². The van der Waals surface area contributed by atoms with Gasteiger partial charge in [0.1, 0.15) is 0 Å². The second-order valence-electron chi connectivity index (χ2n) is 4.25. The van der Waals surface area contributed by atoms with Crippen LogP contribution in [0, 0.1) is 0 Å². The quantitative estimate of drug-likeness (QED) is 0.644. The van der Waals surface area contributed by atoms with E-state index in [9.17, 15) is 9.59 Å². The Hall–Kier alpha value is -2.22. The van der Waals surface area contributed by atoms with Crippen molar-refractivity contribution in [2.75, 3.05) is 11.1 Å². The van der Waals surface area contributed by atoms with Crippen molar-refractivity contribution in [1.82, 2.24) is 20.2 Å². The summed E-state index contributed by atoms with van der Waals surface area (Å²) in [5.41, 5.74) is 1.17. The van der Waals surface area contributed by atoms with Crippen molar-refractivity contribution in [3.63, 3.8) is 0 Å². The van der Waals surface area contributed by atoms with Crippen molar-refractivity contribution in [2.24, 2.45) is 0 Å². The van der Waals surface area contributed by atoms with Crippen LogP contribution in [0.2, 0.25) is 0 Å². The Morgan fingerprint density at radius 1 is 1.38 bits per heavy atom. The standard InChI is InChI=1S/C13H15N5O2S/c1-3-18-13(15-16-17-18)21-8-12(20)14-11-6-4-5-10(7-11)9(2)19/h4-7H,3,8H2,1-2H3,(H,14,20). The van der Waals surface area contributed by atoms with Crippen molar-refractivity contribution >= 4 is 29.1 Å². The highest BCUT2D eigenvalue weighted by molar-refractivity contribution is 7.99. The third-order valence-corrected chi connectivity index (χ3v) is 3.64. The van der Waals surface area contributed by atoms with E-state index in [4.69, 9.17) is 0 Å². The highest BCUT2D eigenvalue weighted by atomic mass is 32.2. The smallest absolute Gasteiger partial charge is 0.234 e. The minimum atomic E-state index is -0.175. The first kappa shape index (κ1) is 15.2. The number of aromatic nitrogens is 4. The van der Waals surface area contributed by atoms with Crippen LogP contribution in [0.3, 0.4) is 0 Å². The highest BCUT2D eigenvalue weighted by Gasteiger charge is 2.09. The number of carbonyl (C=O) groups is 2. The monoisotopic (exact) mass is 305 g/mol. The van der Waals surface area contributed by atoms with E-state index in [1.54, 1.807) is 28.9 Å². The zero-order chi connectivity index (χ0) is 15.2. The summed E-state index contributed by atoms with van der Waals surface area (Å²) in [4.78, 5) is 23.2. The van der Waals surface area contributed by atoms with E-state index in [0.29, 0.717) is 23.0 Å². The Morgan fingerprint density at radius 3 is 2.90 bits per heavy atom. The van der Waals surface area contributed by atoms with Crippen molar-refractivity contribution in [3.05, 3.63) is 29.8 Å². The molecule has 0 fully saturated rings. The van der Waals surface area contributed by atoms with Crippen molar-refractivity contribution < 1.29 is 9.59 Å². The molecular formula is C13H15N5O2S. The molecule has 0 aliphatic carbocycles. The van der Waals surface area contributed by atoms with Crippen LogP contribution in [0.25, 0.3) is 0 Å². The van der Waals surface area contributed by atoms with Gasteiger partial charge in [0.05, 0.1) is 5.75 Å². The molecule has 7 nitrogen and oxygen atoms in total. The van der Waals surface area contributed by atoms with Crippen molar-refractivity contribution in [2.45, 2.75) is 25.5 Å². The molecule has 2 aromatic rings. The summed E-state index contributed by atoms with van der Waals surface area (Å²) in [5.74, 6) is -0.0149. The number of ketones is 1. The number of Topliss-reactive ketones (excluding diaryl/α,β-unsaturated/α-hetero) is 1. The molecule has 1 amide bonds. The maximum absolute atomic E-state index is 11.9. The molecule has 0 atom stereocenters. The molecule has 0 aliphatic heterocycles. The first-order valence-electron chi connectivity index (χ1n) is 6.40. The van der Waals surface area contributed by atoms with Crippen LogP contribution in [-0.2, 0) is 11.3 Å². The van der Waals surface area contributed by atoms with Gasteiger partial charge in [-0.1, -0.05) is 23.9 Å². The van der Waals surface area contributed by atoms with Crippen LogP contribution in [0.5, 0.6) is 0 Å². The number of nitrogens with zero attached hydrogens (tertiary/aromatic N) is 4. The molecule has 0 radical (unpaired) electrons. The van der Waals surface area contributed by atoms with Crippen molar-refractivity contribution in [3.8, 4) is 0 Å². The lowest BCUT2D eigenvalue weighted by molar-refractivity contribution is -0.113. The number of hydrogen-bond donors (Lipinski definition) is 1. The largest absolute Gasteiger partial charge is 0.325 e. The molecule has 1 aromatic carbocycles. The van der Waals surface area contributed by atoms with Gasteiger partial charge in [-0.25, -0.2) is 4.68 Å². The molecule has 1 heterocycles. The number of anilines is 1. The predicted molar refractivity (Wildman–Crippen MR) is 79.3 cm³/mol. The van der Waals surface area contributed by atoms with Gasteiger partial charge in [-0.05, 0) is 36.4 Å². The summed E-state index contributed by atoms with van der Waals surface area (Å²) in [6.45, 7) is 4.06. The molecule has 0 saturated carbocycles. The lowest BCUT2D eigenvalue weighted by atomic mass is 10.1. The van der Waals surface area contributed by atoms with Gasteiger partial charge in [0.2, 0.25) is 11.1 Å². The third kappa shape index (κ3) is 4.12. The Labute approximate surface area is 126 Å². The Bertz CT molecular complexity index is 656. The number of rotatable bonds is 6. The summed E-state index contributed by atoms with van der Waals surface area (Å²) < 4.78 is 1.62. The normalized spacial score (nSPS) is 10.4. The number of nitrogens with one attached hydrogen (secondary N) is 1. The molecule has 8 heteroatoms. The molecule has 0 saturated heterocycles. The van der Waals surface area contributed by atoms with E-state index in [1.165, 1.54) is 18.7 Å². The van der Waals surface area contributed by atoms with Gasteiger partial charge in [-0.15, -0.1) is 5.10 Å². The second-order valence-corrected chi connectivity index (χ2v) is 5.19. The van der Waals surface area contributed by atoms with E-state index in [2.05, 4.69) is 20.8 Å². The maximum Gasteiger partial charge on any atom is 0.234 e. The van der Waals surface area contributed by atoms with Gasteiger partial charge < -0.3 is 5.32 Å². The summed E-state index contributed by atoms with van der Waals surface area (Å²) in [6.07, 6.45) is 0. The average molecular weight is 305 g/mol. The van der Waals surface area contributed by atoms with Gasteiger partial charge >= 0.3 is 0 Å². The number of thioether (sulfide) groups is 1. The van der Waals surface area contributed by atoms with Gasteiger partial charge in [-0.2, -0.15) is 0 Å². The van der Waals surface area contributed by atoms with Crippen molar-refractivity contribution in [1.29, 1.82) is 0 Å². The van der Waals surface area contributed by atoms with E-state index in [1.807, 2.05) is 6.92 Å². The minimum absolute atomic E-state index is 0.0393. The van der Waals surface area contributed by atoms with E-state index in [0.717, 1.165) is 0 Å². The number of amides is 1. The third-order valence-electron chi connectivity index (χ3n) is 2.68. The van der Waals surface area contributed by atoms with Gasteiger partial charge in [0, 0.05) is 17.8 Å². The first-order chi connectivity index (χ1) is 10.1. The lowest BCUT2D eigenvalue weighted by Crippen LogP contribution is -2.15. The second kappa shape index (κ2) is 6.98. The molecule has 1 N–H and O–H groups in total. The number of aryl methyl sites for hydroxylation is 1. The topological polar surface area (TPSA) is 89.8 Å². The molecule has 0 spiro atoms. The Morgan fingerprint density at radius 2 is 2.19 bits per heavy atom. The van der Waals surface area contributed by atoms with Crippen LogP contribution in [0.4, 0.5) is 5.69 Å². The van der Waals surface area contributed by atoms with Crippen LogP contribution >= 0.6 is 11.8 Å². The summed E-state index contributed by atoms with van der Waals surface area (Å²) in [5, 5.41) is 14.5. The lowest BCUT2D eigenvalue weighted by Gasteiger charge is -2.06. The fraction of sp³-hybridized carbons (Fsp3) is 0.308. The summed E-state index contributed by atoms with van der Waals surface area (Å²) in [6, 6.07) is 6.84. The zero-order valence-electron chi connectivity index (χ0n) is 11.7. The molecule has 2 rings (SSSR count). The zero-order valence-corrected chi connectivity index (χ0v) is 12.6. The average Bonchev–Trinajstić information content (AvgIpc) is 2.93. The van der Waals surface area contributed by atoms with E-state index in [-0.39, 0.29) is 17.4 Å². The first-order valence-corrected chi connectivity index (χ1v) is 7.38. The minimum Gasteiger partial charge on any atom is -0.325 e. The van der Waals surface area contributed by atoms with Crippen LogP contribution in [0.15, 0.2) is 29.4 Å². The summed E-state index contributed by atoms with van der Waals surface area (Å²) in [7, 11) is 0. The van der Waals surface area contributed by atoms with Gasteiger partial charge in [0.15, 0.2) is 5.78 Å². The molecule has 110 valence electrons. The predicted octanol–water partition coefficient (Wildman–Crippen LogP) is 1.63. The highest BCUT2D eigenvalue weighted by Crippen LogP contribution is 2.15. The fourth-order valence-electron chi connectivity index (χ4n) is 1.64. The SMILES string of the molecule is CCn1nnnc1SCC(=O)Nc1cccc(C(C)=O)c1. The van der Waals surface area contributed by atoms with E-state index < -0.39 is 0 Å². The molecule has 1 aromatic heterocycles. The molecular weight excluding hydrogens is 290 g/mol. The molecule has 0 aliphatic rings. The Kier molecular flexibility index (Phi) is 5.04. The molecule has 0 bridgehead atoms. The van der Waals surface area contributed by atoms with Gasteiger partial charge in [0.25, 0.3) is 0 Å². The number of tetrazole rings is 1. The Balaban J connectivity index is 1.93. The fourth-order valence-corrected chi connectivity index (χ4v) is 2.38. The maximum atomic E-state index is 11.9. The van der Waals surface area contributed by atoms with Gasteiger partial charge in [-0.3, -0.25) is 9.59 Å². The summed E-state index contributed by atoms with van der Waals surface area (Å²) >= 11 is 1.26. The van der Waals surface area contributed by atoms with Crippen LogP contribution in [-0.4, -0.2) is 37.7 Å².